The molecule has 0 aromatic heterocycles. The molecular weight excluding hydrogens is 168 g/mol. The van der Waals surface area contributed by atoms with Gasteiger partial charge in [0.2, 0.25) is 0 Å². The Morgan fingerprint density at radius 1 is 1.14 bits per heavy atom. The highest BCUT2D eigenvalue weighted by atomic mass is 14.2. The smallest absolute Gasteiger partial charge is 0.00857 e. The summed E-state index contributed by atoms with van der Waals surface area (Å²) in [6, 6.07) is 8.68. The fourth-order valence-corrected chi connectivity index (χ4v) is 2.09. The Hall–Kier alpha value is -1.30. The van der Waals surface area contributed by atoms with Crippen LogP contribution in [0.15, 0.2) is 48.1 Å². The van der Waals surface area contributed by atoms with Gasteiger partial charge in [-0.3, -0.25) is 0 Å². The van der Waals surface area contributed by atoms with E-state index in [-0.39, 0.29) is 0 Å². The second kappa shape index (κ2) is 3.83. The van der Waals surface area contributed by atoms with Crippen LogP contribution >= 0.6 is 0 Å². The summed E-state index contributed by atoms with van der Waals surface area (Å²) in [6.07, 6.45) is 7.78. The van der Waals surface area contributed by atoms with E-state index in [0.29, 0.717) is 5.92 Å². The first-order chi connectivity index (χ1) is 6.79. The maximum absolute atomic E-state index is 2.25. The zero-order valence-corrected chi connectivity index (χ0v) is 8.83. The zero-order valence-electron chi connectivity index (χ0n) is 8.83. The first-order valence-corrected chi connectivity index (χ1v) is 5.18. The molecule has 0 saturated carbocycles. The summed E-state index contributed by atoms with van der Waals surface area (Å²) in [5.41, 5.74) is 4.35. The lowest BCUT2D eigenvalue weighted by atomic mass is 9.84. The Bertz CT molecular complexity index is 383. The minimum atomic E-state index is 0.598. The van der Waals surface area contributed by atoms with Crippen LogP contribution in [-0.4, -0.2) is 0 Å². The van der Waals surface area contributed by atoms with Crippen LogP contribution in [0.4, 0.5) is 0 Å². The Morgan fingerprint density at radius 2 is 1.93 bits per heavy atom. The van der Waals surface area contributed by atoms with E-state index in [0.717, 1.165) is 6.42 Å². The lowest BCUT2D eigenvalue weighted by Gasteiger charge is -2.20. The van der Waals surface area contributed by atoms with Crippen molar-refractivity contribution in [2.24, 2.45) is 0 Å². The molecule has 0 amide bonds. The van der Waals surface area contributed by atoms with Crippen molar-refractivity contribution in [3.8, 4) is 0 Å². The van der Waals surface area contributed by atoms with E-state index in [9.17, 15) is 0 Å². The molecule has 1 aliphatic carbocycles. The zero-order chi connectivity index (χ0) is 9.97. The van der Waals surface area contributed by atoms with Gasteiger partial charge in [-0.15, -0.1) is 0 Å². The van der Waals surface area contributed by atoms with Crippen LogP contribution in [-0.2, 0) is 0 Å². The number of hydrogen-bond acceptors (Lipinski definition) is 0. The Balaban J connectivity index is 2.37. The number of hydrogen-bond donors (Lipinski definition) is 0. The van der Waals surface area contributed by atoms with Gasteiger partial charge in [0, 0.05) is 5.92 Å². The average Bonchev–Trinajstić information content (AvgIpc) is 2.20. The molecule has 1 unspecified atom stereocenters. The molecule has 0 radical (unpaired) electrons. The van der Waals surface area contributed by atoms with E-state index in [2.05, 4.69) is 56.3 Å². The lowest BCUT2D eigenvalue weighted by molar-refractivity contribution is 0.791. The van der Waals surface area contributed by atoms with Crippen LogP contribution in [0.3, 0.4) is 0 Å². The molecule has 14 heavy (non-hydrogen) atoms. The molecule has 0 heterocycles. The van der Waals surface area contributed by atoms with Gasteiger partial charge >= 0.3 is 0 Å². The molecule has 2 rings (SSSR count). The topological polar surface area (TPSA) is 0 Å². The van der Waals surface area contributed by atoms with E-state index in [1.54, 1.807) is 0 Å². The highest BCUT2D eigenvalue weighted by molar-refractivity contribution is 5.38. The summed E-state index contributed by atoms with van der Waals surface area (Å²) >= 11 is 0. The lowest BCUT2D eigenvalue weighted by Crippen LogP contribution is -2.03. The van der Waals surface area contributed by atoms with Crippen molar-refractivity contribution in [1.82, 2.24) is 0 Å². The molecule has 0 N–H and O–H groups in total. The van der Waals surface area contributed by atoms with Gasteiger partial charge in [-0.2, -0.15) is 0 Å². The van der Waals surface area contributed by atoms with Crippen molar-refractivity contribution in [2.45, 2.75) is 26.2 Å². The number of aryl methyl sites for hydroxylation is 1. The largest absolute Gasteiger partial charge is 0.0836 e. The second-order valence-electron chi connectivity index (χ2n) is 3.98. The van der Waals surface area contributed by atoms with Crippen molar-refractivity contribution < 1.29 is 0 Å². The molecule has 0 heteroatoms. The highest BCUT2D eigenvalue weighted by Gasteiger charge is 2.15. The minimum absolute atomic E-state index is 0.598. The number of rotatable bonds is 1. The molecule has 0 nitrogen and oxygen atoms in total. The number of allylic oxidation sites excluding steroid dienone is 4. The maximum atomic E-state index is 2.25. The van der Waals surface area contributed by atoms with Crippen LogP contribution in [0, 0.1) is 6.92 Å². The molecule has 1 aromatic rings. The predicted octanol–water partition coefficient (Wildman–Crippen LogP) is 3.98. The number of benzene rings is 1. The SMILES string of the molecule is CC1=CC=CCC1c1ccccc1C. The van der Waals surface area contributed by atoms with E-state index >= 15 is 0 Å². The van der Waals surface area contributed by atoms with Crippen LogP contribution in [0.2, 0.25) is 0 Å². The predicted molar refractivity (Wildman–Crippen MR) is 61.4 cm³/mol. The van der Waals surface area contributed by atoms with Gasteiger partial charge in [0.15, 0.2) is 0 Å². The Kier molecular flexibility index (Phi) is 2.53. The van der Waals surface area contributed by atoms with Crippen LogP contribution in [0.25, 0.3) is 0 Å². The highest BCUT2D eigenvalue weighted by Crippen LogP contribution is 2.32. The molecule has 1 aliphatic rings. The summed E-state index contributed by atoms with van der Waals surface area (Å²) in [7, 11) is 0. The molecule has 0 bridgehead atoms. The minimum Gasteiger partial charge on any atom is -0.0836 e. The first kappa shape index (κ1) is 9.26. The summed E-state index contributed by atoms with van der Waals surface area (Å²) in [6.45, 7) is 4.42. The van der Waals surface area contributed by atoms with Gasteiger partial charge in [0.1, 0.15) is 0 Å². The third kappa shape index (κ3) is 1.65. The summed E-state index contributed by atoms with van der Waals surface area (Å²) in [5.74, 6) is 0.598. The second-order valence-corrected chi connectivity index (χ2v) is 3.98. The van der Waals surface area contributed by atoms with Crippen LogP contribution in [0.1, 0.15) is 30.4 Å². The molecule has 0 spiro atoms. The molecule has 0 aliphatic heterocycles. The van der Waals surface area contributed by atoms with Gasteiger partial charge in [0.05, 0.1) is 0 Å². The van der Waals surface area contributed by atoms with Gasteiger partial charge in [0.25, 0.3) is 0 Å². The maximum Gasteiger partial charge on any atom is 0.00857 e. The van der Waals surface area contributed by atoms with Crippen molar-refractivity contribution >= 4 is 0 Å². The first-order valence-electron chi connectivity index (χ1n) is 5.18. The molecular formula is C14H16. The van der Waals surface area contributed by atoms with E-state index in [1.165, 1.54) is 16.7 Å². The third-order valence-corrected chi connectivity index (χ3v) is 2.98. The molecule has 1 atom stereocenters. The quantitative estimate of drug-likeness (QED) is 0.619. The van der Waals surface area contributed by atoms with Crippen molar-refractivity contribution in [3.63, 3.8) is 0 Å². The fraction of sp³-hybridized carbons (Fsp3) is 0.286. The van der Waals surface area contributed by atoms with Gasteiger partial charge in [-0.05, 0) is 31.4 Å². The standard InChI is InChI=1S/C14H16/c1-11-7-3-5-9-13(11)14-10-6-4-8-12(14)2/h3-9,14H,10H2,1-2H3. The Labute approximate surface area is 86.0 Å². The third-order valence-electron chi connectivity index (χ3n) is 2.98. The average molecular weight is 184 g/mol. The van der Waals surface area contributed by atoms with Crippen molar-refractivity contribution in [1.29, 1.82) is 0 Å². The van der Waals surface area contributed by atoms with Crippen molar-refractivity contribution in [3.05, 3.63) is 59.2 Å². The van der Waals surface area contributed by atoms with E-state index < -0.39 is 0 Å². The molecule has 0 saturated heterocycles. The van der Waals surface area contributed by atoms with Gasteiger partial charge in [-0.1, -0.05) is 48.1 Å². The summed E-state index contributed by atoms with van der Waals surface area (Å²) in [4.78, 5) is 0. The van der Waals surface area contributed by atoms with E-state index in [1.807, 2.05) is 0 Å². The van der Waals surface area contributed by atoms with Crippen molar-refractivity contribution in [2.75, 3.05) is 0 Å². The molecule has 1 aromatic carbocycles. The van der Waals surface area contributed by atoms with E-state index in [4.69, 9.17) is 0 Å². The Morgan fingerprint density at radius 3 is 2.64 bits per heavy atom. The van der Waals surface area contributed by atoms with Gasteiger partial charge in [-0.25, -0.2) is 0 Å². The van der Waals surface area contributed by atoms with Crippen LogP contribution in [0.5, 0.6) is 0 Å². The molecule has 72 valence electrons. The normalized spacial score (nSPS) is 20.7. The summed E-state index contributed by atoms with van der Waals surface area (Å²) < 4.78 is 0. The fourth-order valence-electron chi connectivity index (χ4n) is 2.09. The molecule has 0 fully saturated rings. The van der Waals surface area contributed by atoms with Crippen LogP contribution < -0.4 is 0 Å². The monoisotopic (exact) mass is 184 g/mol. The summed E-state index contributed by atoms with van der Waals surface area (Å²) in [5, 5.41) is 0. The van der Waals surface area contributed by atoms with Gasteiger partial charge < -0.3 is 0 Å².